The van der Waals surface area contributed by atoms with Crippen LogP contribution in [0.5, 0.6) is 0 Å². The maximum atomic E-state index is 11.5. The number of rotatable bonds is 2. The van der Waals surface area contributed by atoms with Crippen LogP contribution in [0.1, 0.15) is 26.2 Å². The molecule has 0 aromatic rings. The number of carbonyl (C=O) groups is 1. The Hall–Kier alpha value is -0.153. The van der Waals surface area contributed by atoms with Gasteiger partial charge in [-0.3, -0.25) is 4.79 Å². The monoisotopic (exact) mass is 200 g/mol. The van der Waals surface area contributed by atoms with E-state index in [0.717, 1.165) is 12.8 Å². The number of Topliss-reactive ketones (excluding diaryl/α,β-unsaturated/α-hetero) is 1. The van der Waals surface area contributed by atoms with Gasteiger partial charge in [0.25, 0.3) is 0 Å². The van der Waals surface area contributed by atoms with Crippen molar-refractivity contribution < 1.29 is 9.90 Å². The van der Waals surface area contributed by atoms with E-state index in [-0.39, 0.29) is 11.7 Å². The van der Waals surface area contributed by atoms with Crippen LogP contribution in [0.15, 0.2) is 0 Å². The molecule has 2 nitrogen and oxygen atoms in total. The average molecular weight is 200 g/mol. The van der Waals surface area contributed by atoms with Gasteiger partial charge >= 0.3 is 0 Å². The third kappa shape index (κ3) is 1.86. The van der Waals surface area contributed by atoms with E-state index in [1.165, 1.54) is 0 Å². The summed E-state index contributed by atoms with van der Waals surface area (Å²) >= 11 is 0. The Morgan fingerprint density at radius 1 is 1.46 bits per heavy atom. The Kier molecular flexibility index (Phi) is 2.70. The second-order valence-electron chi connectivity index (χ2n) is 5.31. The van der Waals surface area contributed by atoms with Gasteiger partial charge in [0.15, 0.2) is 0 Å². The van der Waals surface area contributed by atoms with Crippen molar-refractivity contribution in [1.29, 1.82) is 0 Å². The minimum Gasteiger partial charge on any atom is -0.393 e. The Labute approximate surface area is 81.4 Å². The summed E-state index contributed by atoms with van der Waals surface area (Å²) in [6.45, 7) is 8.23. The number of hydrogen-bond acceptors (Lipinski definition) is 2. The SMILES string of the molecule is C[C@](O)([C@H]1CCCC1=O)[Si](C)(C)C. The summed E-state index contributed by atoms with van der Waals surface area (Å²) < 4.78 is 0. The lowest BCUT2D eigenvalue weighted by molar-refractivity contribution is -0.124. The van der Waals surface area contributed by atoms with E-state index in [1.54, 1.807) is 0 Å². The fourth-order valence-corrected chi connectivity index (χ4v) is 3.28. The summed E-state index contributed by atoms with van der Waals surface area (Å²) in [5.41, 5.74) is 0. The lowest BCUT2D eigenvalue weighted by Crippen LogP contribution is -2.56. The third-order valence-electron chi connectivity index (χ3n) is 3.50. The first-order valence-electron chi connectivity index (χ1n) is 5.02. The lowest BCUT2D eigenvalue weighted by atomic mass is 10.0. The topological polar surface area (TPSA) is 37.3 Å². The highest BCUT2D eigenvalue weighted by atomic mass is 28.3. The highest BCUT2D eigenvalue weighted by Crippen LogP contribution is 2.36. The fraction of sp³-hybridized carbons (Fsp3) is 0.900. The van der Waals surface area contributed by atoms with Gasteiger partial charge in [0, 0.05) is 12.3 Å². The van der Waals surface area contributed by atoms with E-state index in [4.69, 9.17) is 0 Å². The molecule has 3 heteroatoms. The van der Waals surface area contributed by atoms with Crippen molar-refractivity contribution >= 4 is 13.9 Å². The van der Waals surface area contributed by atoms with Crippen molar-refractivity contribution in [2.75, 3.05) is 0 Å². The molecule has 1 saturated carbocycles. The van der Waals surface area contributed by atoms with Crippen LogP contribution in [0.3, 0.4) is 0 Å². The molecule has 1 aliphatic rings. The highest BCUT2D eigenvalue weighted by Gasteiger charge is 2.48. The number of aliphatic hydroxyl groups is 1. The molecule has 0 amide bonds. The Balaban J connectivity index is 2.86. The second kappa shape index (κ2) is 3.21. The lowest BCUT2D eigenvalue weighted by Gasteiger charge is -2.39. The summed E-state index contributed by atoms with van der Waals surface area (Å²) in [6.07, 6.45) is 2.52. The largest absolute Gasteiger partial charge is 0.393 e. The van der Waals surface area contributed by atoms with Gasteiger partial charge in [-0.05, 0) is 19.8 Å². The molecule has 0 bridgehead atoms. The zero-order chi connectivity index (χ0) is 10.3. The Morgan fingerprint density at radius 3 is 2.31 bits per heavy atom. The minimum atomic E-state index is -1.66. The maximum absolute atomic E-state index is 11.5. The minimum absolute atomic E-state index is 0.0841. The van der Waals surface area contributed by atoms with E-state index >= 15 is 0 Å². The van der Waals surface area contributed by atoms with Crippen LogP contribution < -0.4 is 0 Å². The zero-order valence-electron chi connectivity index (χ0n) is 9.05. The fourth-order valence-electron chi connectivity index (χ4n) is 1.93. The molecule has 0 radical (unpaired) electrons. The van der Waals surface area contributed by atoms with Crippen LogP contribution in [0.4, 0.5) is 0 Å². The summed E-state index contributed by atoms with van der Waals surface area (Å²) in [6, 6.07) is 0. The zero-order valence-corrected chi connectivity index (χ0v) is 10.1. The molecule has 0 spiro atoms. The molecule has 1 fully saturated rings. The molecule has 0 aromatic carbocycles. The van der Waals surface area contributed by atoms with Crippen molar-refractivity contribution in [2.24, 2.45) is 5.92 Å². The maximum Gasteiger partial charge on any atom is 0.138 e. The van der Waals surface area contributed by atoms with Gasteiger partial charge < -0.3 is 5.11 Å². The second-order valence-corrected chi connectivity index (χ2v) is 10.8. The van der Waals surface area contributed by atoms with Gasteiger partial charge in [-0.25, -0.2) is 0 Å². The first kappa shape index (κ1) is 10.9. The smallest absolute Gasteiger partial charge is 0.138 e. The van der Waals surface area contributed by atoms with Crippen molar-refractivity contribution in [3.63, 3.8) is 0 Å². The molecular formula is C10H20O2Si. The Bertz CT molecular complexity index is 215. The molecule has 0 unspecified atom stereocenters. The predicted octanol–water partition coefficient (Wildman–Crippen LogP) is 1.98. The summed E-state index contributed by atoms with van der Waals surface area (Å²) in [5.74, 6) is 0.187. The van der Waals surface area contributed by atoms with Gasteiger partial charge in [-0.2, -0.15) is 0 Å². The van der Waals surface area contributed by atoms with Crippen molar-refractivity contribution in [1.82, 2.24) is 0 Å². The van der Waals surface area contributed by atoms with Gasteiger partial charge in [-0.15, -0.1) is 0 Å². The number of ketones is 1. The molecule has 2 atom stereocenters. The van der Waals surface area contributed by atoms with Gasteiger partial charge in [0.05, 0.1) is 13.3 Å². The van der Waals surface area contributed by atoms with Crippen LogP contribution in [-0.2, 0) is 4.79 Å². The van der Waals surface area contributed by atoms with Gasteiger partial charge in [0.2, 0.25) is 0 Å². The highest BCUT2D eigenvalue weighted by molar-refractivity contribution is 6.79. The van der Waals surface area contributed by atoms with Crippen LogP contribution in [-0.4, -0.2) is 24.2 Å². The molecule has 0 aromatic heterocycles. The van der Waals surface area contributed by atoms with Crippen LogP contribution >= 0.6 is 0 Å². The van der Waals surface area contributed by atoms with Crippen molar-refractivity contribution in [3.8, 4) is 0 Å². The summed E-state index contributed by atoms with van der Waals surface area (Å²) in [7, 11) is -1.66. The first-order valence-corrected chi connectivity index (χ1v) is 8.52. The molecule has 0 saturated heterocycles. The Morgan fingerprint density at radius 2 is 2.00 bits per heavy atom. The summed E-state index contributed by atoms with van der Waals surface area (Å²) in [4.78, 5) is 11.5. The molecule has 13 heavy (non-hydrogen) atoms. The standard InChI is InChI=1S/C10H20O2Si/c1-10(12,13(2,3)4)8-6-5-7-9(8)11/h8,12H,5-7H2,1-4H3/t8-,10+/m0/s1. The van der Waals surface area contributed by atoms with E-state index in [0.29, 0.717) is 6.42 Å². The van der Waals surface area contributed by atoms with Crippen LogP contribution in [0, 0.1) is 5.92 Å². The third-order valence-corrected chi connectivity index (χ3v) is 6.89. The molecule has 1 aliphatic carbocycles. The van der Waals surface area contributed by atoms with Crippen molar-refractivity contribution in [2.45, 2.75) is 51.1 Å². The quantitative estimate of drug-likeness (QED) is 0.692. The molecule has 76 valence electrons. The van der Waals surface area contributed by atoms with E-state index in [9.17, 15) is 9.90 Å². The predicted molar refractivity (Wildman–Crippen MR) is 56.3 cm³/mol. The van der Waals surface area contributed by atoms with Crippen LogP contribution in [0.25, 0.3) is 0 Å². The molecular weight excluding hydrogens is 180 g/mol. The van der Waals surface area contributed by atoms with Crippen LogP contribution in [0.2, 0.25) is 19.6 Å². The van der Waals surface area contributed by atoms with Gasteiger partial charge in [0.1, 0.15) is 5.78 Å². The first-order chi connectivity index (χ1) is 5.77. The van der Waals surface area contributed by atoms with E-state index in [1.807, 2.05) is 6.92 Å². The number of carbonyl (C=O) groups excluding carboxylic acids is 1. The summed E-state index contributed by atoms with van der Waals surface area (Å²) in [5, 5.41) is 9.64. The molecule has 0 aliphatic heterocycles. The molecule has 0 heterocycles. The van der Waals surface area contributed by atoms with E-state index < -0.39 is 13.3 Å². The molecule has 1 rings (SSSR count). The molecule has 1 N–H and O–H groups in total. The van der Waals surface area contributed by atoms with Gasteiger partial charge in [-0.1, -0.05) is 19.6 Å². The van der Waals surface area contributed by atoms with E-state index in [2.05, 4.69) is 19.6 Å². The number of hydrogen-bond donors (Lipinski definition) is 1. The average Bonchev–Trinajstić information content (AvgIpc) is 2.32. The van der Waals surface area contributed by atoms with Crippen molar-refractivity contribution in [3.05, 3.63) is 0 Å². The normalized spacial score (nSPS) is 29.0.